The molecule has 3 aliphatic heterocycles. The Kier molecular flexibility index (Phi) is 9.71. The van der Waals surface area contributed by atoms with Gasteiger partial charge in [-0.1, -0.05) is 31.2 Å². The highest BCUT2D eigenvalue weighted by Crippen LogP contribution is 2.46. The van der Waals surface area contributed by atoms with Gasteiger partial charge in [0, 0.05) is 31.5 Å². The third-order valence-electron chi connectivity index (χ3n) is 8.01. The minimum Gasteiger partial charge on any atom is -0.479 e. The number of aromatic nitrogens is 4. The number of benzene rings is 1. The van der Waals surface area contributed by atoms with Crippen LogP contribution in [0.25, 0.3) is 11.0 Å². The van der Waals surface area contributed by atoms with Gasteiger partial charge >= 0.3 is 0 Å². The number of allylic oxidation sites excluding steroid dienone is 2. The van der Waals surface area contributed by atoms with E-state index in [1.165, 1.54) is 6.07 Å². The molecule has 0 bridgehead atoms. The van der Waals surface area contributed by atoms with Gasteiger partial charge in [-0.3, -0.25) is 4.57 Å². The Morgan fingerprint density at radius 3 is 2.61 bits per heavy atom. The predicted molar refractivity (Wildman–Crippen MR) is 155 cm³/mol. The number of ether oxygens (including phenoxy) is 3. The van der Waals surface area contributed by atoms with Crippen molar-refractivity contribution in [2.45, 2.75) is 50.4 Å². The monoisotopic (exact) mass is 615 g/mol. The smallest absolute Gasteiger partial charge is 0.298 e. The Hall–Kier alpha value is -4.15. The lowest BCUT2D eigenvalue weighted by Crippen LogP contribution is -2.30. The van der Waals surface area contributed by atoms with Crippen LogP contribution in [0.15, 0.2) is 42.5 Å². The fraction of sp³-hybridized carbons (Fsp3) is 0.452. The minimum atomic E-state index is -2.80. The van der Waals surface area contributed by atoms with Crippen molar-refractivity contribution in [3.8, 4) is 24.6 Å². The lowest BCUT2D eigenvalue weighted by Gasteiger charge is -2.31. The molecule has 13 heteroatoms. The van der Waals surface area contributed by atoms with Gasteiger partial charge in [-0.25, -0.2) is 23.1 Å². The van der Waals surface area contributed by atoms with Crippen LogP contribution in [0.4, 0.5) is 23.5 Å². The second-order valence-electron chi connectivity index (χ2n) is 10.7. The summed E-state index contributed by atoms with van der Waals surface area (Å²) in [5.74, 6) is -0.134. The Labute approximate surface area is 252 Å². The molecule has 5 atom stereocenters. The van der Waals surface area contributed by atoms with Crippen molar-refractivity contribution in [3.05, 3.63) is 59.8 Å². The zero-order valence-electron chi connectivity index (χ0n) is 24.3. The number of hydrogen-bond donors (Lipinski definition) is 0. The first kappa shape index (κ1) is 31.3. The van der Waals surface area contributed by atoms with Crippen LogP contribution in [0.5, 0.6) is 11.8 Å². The SMILES string of the molecule is C#C.CC1COCC[C@H]1n1c(O[C@H]2CCN(c3nc(C(F)F)nc4c3OC3C=CC=CC43)C2)nc2cccc(F)c21.COF. The zero-order valence-corrected chi connectivity index (χ0v) is 24.3. The Bertz CT molecular complexity index is 1540. The van der Waals surface area contributed by atoms with Crippen molar-refractivity contribution in [1.29, 1.82) is 0 Å². The van der Waals surface area contributed by atoms with Gasteiger partial charge in [-0.2, -0.15) is 9.93 Å². The van der Waals surface area contributed by atoms with Crippen LogP contribution >= 0.6 is 0 Å². The lowest BCUT2D eigenvalue weighted by molar-refractivity contribution is -0.0960. The van der Waals surface area contributed by atoms with Gasteiger partial charge < -0.3 is 19.1 Å². The molecule has 7 rings (SSSR count). The summed E-state index contributed by atoms with van der Waals surface area (Å²) in [6, 6.07) is 5.19. The van der Waals surface area contributed by atoms with Gasteiger partial charge in [-0.15, -0.1) is 12.8 Å². The average Bonchev–Trinajstić information content (AvgIpc) is 3.74. The quantitative estimate of drug-likeness (QED) is 0.260. The molecule has 2 saturated heterocycles. The molecule has 44 heavy (non-hydrogen) atoms. The number of alkyl halides is 2. The van der Waals surface area contributed by atoms with Crippen LogP contribution in [0.3, 0.4) is 0 Å². The molecule has 0 radical (unpaired) electrons. The lowest BCUT2D eigenvalue weighted by atomic mass is 9.96. The highest BCUT2D eigenvalue weighted by molar-refractivity contribution is 5.77. The van der Waals surface area contributed by atoms with Gasteiger partial charge in [0.1, 0.15) is 23.5 Å². The summed E-state index contributed by atoms with van der Waals surface area (Å²) >= 11 is 0. The number of halogens is 4. The van der Waals surface area contributed by atoms with Crippen molar-refractivity contribution in [1.82, 2.24) is 19.5 Å². The van der Waals surface area contributed by atoms with Gasteiger partial charge in [-0.05, 0) is 29.2 Å². The van der Waals surface area contributed by atoms with E-state index in [-0.39, 0.29) is 35.9 Å². The second kappa shape index (κ2) is 13.7. The fourth-order valence-electron chi connectivity index (χ4n) is 6.10. The predicted octanol–water partition coefficient (Wildman–Crippen LogP) is 5.90. The standard InChI is InChI=1S/C28H28F3N5O3.C2H2.CH3FO/c1-15-14-37-12-10-20(15)36-23-18(29)6-4-7-19(23)32-28(36)38-16-9-11-35(13-16)27-24-22(33-26(34-27)25(30)31)17-5-2-3-8-21(17)39-24;1-2;1-3-2/h2-8,15-17,20-21,25H,9-14H2,1H3;1-2H;1H3/t15?,16-,17?,20+,21?;;/m0../s1. The molecule has 4 aliphatic rings. The molecule has 2 aromatic heterocycles. The van der Waals surface area contributed by atoms with Crippen LogP contribution in [0.1, 0.15) is 49.7 Å². The fourth-order valence-corrected chi connectivity index (χ4v) is 6.10. The van der Waals surface area contributed by atoms with Gasteiger partial charge in [0.2, 0.25) is 0 Å². The van der Waals surface area contributed by atoms with E-state index in [2.05, 4.69) is 39.7 Å². The van der Waals surface area contributed by atoms with Crippen LogP contribution in [-0.2, 0) is 9.68 Å². The Morgan fingerprint density at radius 1 is 1.09 bits per heavy atom. The van der Waals surface area contributed by atoms with Gasteiger partial charge in [0.25, 0.3) is 12.4 Å². The van der Waals surface area contributed by atoms with Gasteiger partial charge in [0.05, 0.1) is 37.4 Å². The summed E-state index contributed by atoms with van der Waals surface area (Å²) in [6.45, 7) is 4.16. The number of anilines is 1. The largest absolute Gasteiger partial charge is 0.479 e. The van der Waals surface area contributed by atoms with Crippen LogP contribution < -0.4 is 14.4 Å². The third kappa shape index (κ3) is 5.96. The van der Waals surface area contributed by atoms with E-state index in [0.717, 1.165) is 13.5 Å². The maximum absolute atomic E-state index is 15.0. The molecular weight excluding hydrogens is 582 g/mol. The number of nitrogens with zero attached hydrogens (tertiary/aromatic N) is 5. The molecule has 0 amide bonds. The minimum absolute atomic E-state index is 0.0234. The summed E-state index contributed by atoms with van der Waals surface area (Å²) in [4.78, 5) is 17.7. The molecule has 0 spiro atoms. The zero-order chi connectivity index (χ0) is 31.4. The highest BCUT2D eigenvalue weighted by atomic mass is 19.3. The molecule has 0 N–H and O–H groups in total. The summed E-state index contributed by atoms with van der Waals surface area (Å²) in [5.41, 5.74) is 1.44. The van der Waals surface area contributed by atoms with Crippen molar-refractivity contribution in [3.63, 3.8) is 0 Å². The number of terminal acetylenes is 1. The van der Waals surface area contributed by atoms with E-state index in [1.54, 1.807) is 12.1 Å². The first-order chi connectivity index (χ1) is 21.4. The van der Waals surface area contributed by atoms with Gasteiger partial charge in [0.15, 0.2) is 17.4 Å². The first-order valence-corrected chi connectivity index (χ1v) is 14.2. The number of rotatable bonds is 5. The second-order valence-corrected chi connectivity index (χ2v) is 10.7. The van der Waals surface area contributed by atoms with Crippen LogP contribution in [0.2, 0.25) is 0 Å². The number of fused-ring (bicyclic) bond motifs is 4. The normalized spacial score (nSPS) is 25.0. The van der Waals surface area contributed by atoms with E-state index >= 15 is 4.39 Å². The molecule has 234 valence electrons. The molecular formula is C31H33F4N5O4. The molecule has 1 aliphatic carbocycles. The van der Waals surface area contributed by atoms with E-state index in [9.17, 15) is 13.3 Å². The summed E-state index contributed by atoms with van der Waals surface area (Å²) in [6.07, 6.45) is 13.5. The molecule has 3 unspecified atom stereocenters. The van der Waals surface area contributed by atoms with Crippen LogP contribution in [0, 0.1) is 24.6 Å². The molecule has 9 nitrogen and oxygen atoms in total. The first-order valence-electron chi connectivity index (χ1n) is 14.2. The maximum Gasteiger partial charge on any atom is 0.298 e. The summed E-state index contributed by atoms with van der Waals surface area (Å²) < 4.78 is 72.5. The van der Waals surface area contributed by atoms with Crippen molar-refractivity contribution in [2.24, 2.45) is 5.92 Å². The number of imidazole rings is 1. The van der Waals surface area contributed by atoms with Crippen molar-refractivity contribution >= 4 is 16.9 Å². The summed E-state index contributed by atoms with van der Waals surface area (Å²) in [7, 11) is 0.958. The van der Waals surface area contributed by atoms with Crippen LogP contribution in [-0.4, -0.2) is 65.1 Å². The highest BCUT2D eigenvalue weighted by Gasteiger charge is 2.40. The topological polar surface area (TPSA) is 83.8 Å². The molecule has 1 aromatic carbocycles. The number of hydrogen-bond acceptors (Lipinski definition) is 8. The average molecular weight is 616 g/mol. The maximum atomic E-state index is 15.0. The molecule has 5 heterocycles. The van der Waals surface area contributed by atoms with Crippen molar-refractivity contribution < 1.29 is 36.8 Å². The molecule has 2 fully saturated rings. The Morgan fingerprint density at radius 2 is 1.86 bits per heavy atom. The summed E-state index contributed by atoms with van der Waals surface area (Å²) in [5, 5.41) is 0. The van der Waals surface area contributed by atoms with E-state index < -0.39 is 12.2 Å². The number of para-hydroxylation sites is 1. The van der Waals surface area contributed by atoms with Crippen molar-refractivity contribution in [2.75, 3.05) is 38.3 Å². The van der Waals surface area contributed by atoms with E-state index in [4.69, 9.17) is 14.2 Å². The van der Waals surface area contributed by atoms with E-state index in [0.29, 0.717) is 67.0 Å². The Balaban J connectivity index is 0.000000726. The molecule has 0 saturated carbocycles. The third-order valence-corrected chi connectivity index (χ3v) is 8.01. The van der Waals surface area contributed by atoms with E-state index in [1.807, 2.05) is 33.8 Å². The molecule has 3 aromatic rings.